The number of allylic oxidation sites excluding steroid dienone is 7. The van der Waals surface area contributed by atoms with Crippen molar-refractivity contribution < 1.29 is 14.8 Å². The van der Waals surface area contributed by atoms with Crippen molar-refractivity contribution in [3.63, 3.8) is 0 Å². The Bertz CT molecular complexity index is 962. The van der Waals surface area contributed by atoms with Crippen LogP contribution in [0.1, 0.15) is 41.6 Å². The summed E-state index contributed by atoms with van der Waals surface area (Å²) in [6, 6.07) is 6.93. The molecule has 0 saturated heterocycles. The predicted octanol–water partition coefficient (Wildman–Crippen LogP) is 3.95. The quantitative estimate of drug-likeness (QED) is 0.622. The fourth-order valence-corrected chi connectivity index (χ4v) is 3.83. The van der Waals surface area contributed by atoms with Crippen molar-refractivity contribution in [3.05, 3.63) is 94.3 Å². The molecular formula is C23H22N2O3. The minimum Gasteiger partial charge on any atom is -0.304 e. The topological polar surface area (TPSA) is 69.6 Å². The van der Waals surface area contributed by atoms with Crippen LogP contribution in [0.25, 0.3) is 0 Å². The first-order chi connectivity index (χ1) is 13.7. The van der Waals surface area contributed by atoms with E-state index < -0.39 is 5.91 Å². The van der Waals surface area contributed by atoms with Gasteiger partial charge in [0.1, 0.15) is 0 Å². The lowest BCUT2D eigenvalue weighted by molar-refractivity contribution is -0.125. The average Bonchev–Trinajstić information content (AvgIpc) is 2.75. The van der Waals surface area contributed by atoms with Gasteiger partial charge in [-0.05, 0) is 66.7 Å². The second kappa shape index (κ2) is 7.82. The SMILES string of the molecule is O=C(NO)c1ccc(CN2C(=O)C3=CC=CC/C3=C/CC3=C2C=CCC3)cc1. The largest absolute Gasteiger partial charge is 0.304 e. The third-order valence-corrected chi connectivity index (χ3v) is 5.35. The molecule has 142 valence electrons. The third-order valence-electron chi connectivity index (χ3n) is 5.35. The highest BCUT2D eigenvalue weighted by molar-refractivity contribution is 6.00. The number of benzene rings is 1. The maximum Gasteiger partial charge on any atom is 0.274 e. The molecule has 2 aliphatic carbocycles. The van der Waals surface area contributed by atoms with Crippen LogP contribution >= 0.6 is 0 Å². The third kappa shape index (κ3) is 3.49. The first-order valence-corrected chi connectivity index (χ1v) is 9.47. The molecule has 0 unspecified atom stereocenters. The number of amides is 2. The molecule has 2 amide bonds. The molecular weight excluding hydrogens is 352 g/mol. The van der Waals surface area contributed by atoms with Gasteiger partial charge in [0.25, 0.3) is 11.8 Å². The summed E-state index contributed by atoms with van der Waals surface area (Å²) in [6.45, 7) is 0.428. The maximum atomic E-state index is 13.4. The molecule has 1 aromatic rings. The van der Waals surface area contributed by atoms with E-state index in [-0.39, 0.29) is 5.91 Å². The van der Waals surface area contributed by atoms with Crippen LogP contribution in [0.4, 0.5) is 0 Å². The van der Waals surface area contributed by atoms with E-state index in [9.17, 15) is 9.59 Å². The second-order valence-electron chi connectivity index (χ2n) is 7.11. The number of carbonyl (C=O) groups excluding carboxylic acids is 2. The number of fused-ring (bicyclic) bond motifs is 1. The zero-order chi connectivity index (χ0) is 19.5. The summed E-state index contributed by atoms with van der Waals surface area (Å²) in [5, 5.41) is 8.77. The van der Waals surface area contributed by atoms with E-state index in [1.54, 1.807) is 17.6 Å². The second-order valence-corrected chi connectivity index (χ2v) is 7.11. The normalized spacial score (nSPS) is 20.5. The molecule has 4 rings (SSSR count). The fourth-order valence-electron chi connectivity index (χ4n) is 3.83. The van der Waals surface area contributed by atoms with Gasteiger partial charge in [-0.1, -0.05) is 36.4 Å². The molecule has 1 heterocycles. The molecule has 0 spiro atoms. The highest BCUT2D eigenvalue weighted by Crippen LogP contribution is 2.33. The van der Waals surface area contributed by atoms with Crippen molar-refractivity contribution in [2.24, 2.45) is 0 Å². The van der Waals surface area contributed by atoms with Gasteiger partial charge >= 0.3 is 0 Å². The lowest BCUT2D eigenvalue weighted by Gasteiger charge is -2.32. The predicted molar refractivity (Wildman–Crippen MR) is 106 cm³/mol. The van der Waals surface area contributed by atoms with Gasteiger partial charge in [0.15, 0.2) is 0 Å². The van der Waals surface area contributed by atoms with Crippen LogP contribution in [0, 0.1) is 0 Å². The number of nitrogens with zero attached hydrogens (tertiary/aromatic N) is 1. The molecule has 28 heavy (non-hydrogen) atoms. The van der Waals surface area contributed by atoms with E-state index in [1.165, 1.54) is 5.57 Å². The van der Waals surface area contributed by atoms with Crippen LogP contribution in [0.15, 0.2) is 83.1 Å². The molecule has 3 aliphatic rings. The van der Waals surface area contributed by atoms with E-state index in [1.807, 2.05) is 29.2 Å². The Labute approximate surface area is 164 Å². The Morgan fingerprint density at radius 1 is 1.14 bits per heavy atom. The summed E-state index contributed by atoms with van der Waals surface area (Å²) in [7, 11) is 0. The minimum absolute atomic E-state index is 0.00604. The molecule has 0 atom stereocenters. The van der Waals surface area contributed by atoms with Crippen molar-refractivity contribution in [1.82, 2.24) is 10.4 Å². The number of carbonyl (C=O) groups is 2. The molecule has 0 radical (unpaired) electrons. The van der Waals surface area contributed by atoms with Crippen LogP contribution in [0.5, 0.6) is 0 Å². The summed E-state index contributed by atoms with van der Waals surface area (Å²) in [5.74, 6) is -0.547. The summed E-state index contributed by atoms with van der Waals surface area (Å²) >= 11 is 0. The molecule has 0 aromatic heterocycles. The van der Waals surface area contributed by atoms with Gasteiger partial charge in [-0.2, -0.15) is 0 Å². The van der Waals surface area contributed by atoms with Gasteiger partial charge in [-0.25, -0.2) is 5.48 Å². The number of hydroxylamine groups is 1. The van der Waals surface area contributed by atoms with Gasteiger partial charge in [0.05, 0.1) is 6.54 Å². The van der Waals surface area contributed by atoms with Crippen LogP contribution in [-0.2, 0) is 11.3 Å². The minimum atomic E-state index is -0.553. The van der Waals surface area contributed by atoms with E-state index in [0.29, 0.717) is 12.1 Å². The fraction of sp³-hybridized carbons (Fsp3) is 0.217. The first kappa shape index (κ1) is 18.2. The Morgan fingerprint density at radius 3 is 2.75 bits per heavy atom. The molecule has 1 aromatic carbocycles. The first-order valence-electron chi connectivity index (χ1n) is 9.47. The van der Waals surface area contributed by atoms with Gasteiger partial charge in [-0.3, -0.25) is 14.8 Å². The van der Waals surface area contributed by atoms with Crippen molar-refractivity contribution >= 4 is 11.8 Å². The molecule has 0 saturated carbocycles. The van der Waals surface area contributed by atoms with Gasteiger partial charge < -0.3 is 4.90 Å². The Hall–Kier alpha value is -3.18. The lowest BCUT2D eigenvalue weighted by Crippen LogP contribution is -2.33. The zero-order valence-electron chi connectivity index (χ0n) is 15.5. The van der Waals surface area contributed by atoms with Crippen LogP contribution < -0.4 is 5.48 Å². The van der Waals surface area contributed by atoms with Crippen LogP contribution in [0.3, 0.4) is 0 Å². The highest BCUT2D eigenvalue weighted by Gasteiger charge is 2.28. The van der Waals surface area contributed by atoms with E-state index in [2.05, 4.69) is 24.3 Å². The Kier molecular flexibility index (Phi) is 5.08. The molecule has 5 heteroatoms. The van der Waals surface area contributed by atoms with Gasteiger partial charge in [0, 0.05) is 16.8 Å². The monoisotopic (exact) mass is 374 g/mol. The van der Waals surface area contributed by atoms with E-state index in [0.717, 1.165) is 48.1 Å². The number of hydrogen-bond donors (Lipinski definition) is 2. The molecule has 0 fully saturated rings. The summed E-state index contributed by atoms with van der Waals surface area (Å²) in [6.07, 6.45) is 15.9. The van der Waals surface area contributed by atoms with Crippen LogP contribution in [-0.4, -0.2) is 21.9 Å². The average molecular weight is 374 g/mol. The summed E-state index contributed by atoms with van der Waals surface area (Å²) in [5.41, 5.74) is 7.04. The highest BCUT2D eigenvalue weighted by atomic mass is 16.5. The standard InChI is InChI=1S/C23H22N2O3/c26-22(24-28)19-11-9-16(10-12-19)15-25-21-8-4-2-6-18(21)14-13-17-5-1-3-7-20(17)23(25)27/h1,3-4,7-13,28H,2,5-6,14-15H2,(H,24,26)/b17-13-. The van der Waals surface area contributed by atoms with Crippen molar-refractivity contribution in [1.29, 1.82) is 0 Å². The maximum absolute atomic E-state index is 13.4. The summed E-state index contributed by atoms with van der Waals surface area (Å²) < 4.78 is 0. The number of hydrogen-bond acceptors (Lipinski definition) is 3. The molecule has 5 nitrogen and oxygen atoms in total. The van der Waals surface area contributed by atoms with Crippen molar-refractivity contribution in [2.75, 3.05) is 0 Å². The van der Waals surface area contributed by atoms with Crippen molar-refractivity contribution in [3.8, 4) is 0 Å². The van der Waals surface area contributed by atoms with E-state index in [4.69, 9.17) is 5.21 Å². The smallest absolute Gasteiger partial charge is 0.274 e. The Balaban J connectivity index is 1.69. The van der Waals surface area contributed by atoms with Gasteiger partial charge in [0.2, 0.25) is 0 Å². The van der Waals surface area contributed by atoms with Gasteiger partial charge in [-0.15, -0.1) is 0 Å². The number of nitrogens with one attached hydrogen (secondary N) is 1. The zero-order valence-corrected chi connectivity index (χ0v) is 15.5. The lowest BCUT2D eigenvalue weighted by atomic mass is 9.89. The summed E-state index contributed by atoms with van der Waals surface area (Å²) in [4.78, 5) is 26.8. The van der Waals surface area contributed by atoms with Crippen LogP contribution in [0.2, 0.25) is 0 Å². The Morgan fingerprint density at radius 2 is 1.96 bits per heavy atom. The molecule has 1 aliphatic heterocycles. The molecule has 2 N–H and O–H groups in total. The number of rotatable bonds is 3. The van der Waals surface area contributed by atoms with Crippen molar-refractivity contribution in [2.45, 2.75) is 32.2 Å². The van der Waals surface area contributed by atoms with E-state index >= 15 is 0 Å². The molecule has 0 bridgehead atoms.